The molecule has 1 saturated heterocycles. The maximum atomic E-state index is 12.5. The van der Waals surface area contributed by atoms with Gasteiger partial charge in [-0.05, 0) is 35.9 Å². The van der Waals surface area contributed by atoms with E-state index in [1.54, 1.807) is 4.68 Å². The average molecular weight is 344 g/mol. The predicted octanol–water partition coefficient (Wildman–Crippen LogP) is 1.13. The van der Waals surface area contributed by atoms with Gasteiger partial charge in [-0.15, -0.1) is 0 Å². The summed E-state index contributed by atoms with van der Waals surface area (Å²) < 4.78 is 7.27. The van der Waals surface area contributed by atoms with Gasteiger partial charge < -0.3 is 14.5 Å². The quantitative estimate of drug-likeness (QED) is 0.782. The summed E-state index contributed by atoms with van der Waals surface area (Å²) in [6, 6.07) is 9.80. The third kappa shape index (κ3) is 3.79. The van der Waals surface area contributed by atoms with E-state index in [-0.39, 0.29) is 12.0 Å². The van der Waals surface area contributed by atoms with Gasteiger partial charge in [0.05, 0.1) is 5.69 Å². The van der Waals surface area contributed by atoms with Crippen molar-refractivity contribution in [1.82, 2.24) is 25.1 Å². The number of hydrogen-bond acceptors (Lipinski definition) is 6. The fraction of sp³-hybridized carbons (Fsp3) is 0.529. The van der Waals surface area contributed by atoms with Crippen LogP contribution in [0.5, 0.6) is 0 Å². The van der Waals surface area contributed by atoms with Crippen molar-refractivity contribution in [3.8, 4) is 5.69 Å². The van der Waals surface area contributed by atoms with E-state index in [9.17, 15) is 4.79 Å². The maximum Gasteiger partial charge on any atom is 0.251 e. The highest BCUT2D eigenvalue weighted by molar-refractivity contribution is 5.81. The largest absolute Gasteiger partial charge is 0.369 e. The second-order valence-corrected chi connectivity index (χ2v) is 5.89. The summed E-state index contributed by atoms with van der Waals surface area (Å²) in [6.07, 6.45) is 0.352. The Bertz CT molecular complexity index is 681. The standard InChI is InChI=1S/C17H24N6O2/c1-3-15(25-4-2)16(24)21-10-12-22(13-11-21)17-18-19-20-23(17)14-8-6-5-7-9-14/h5-9,15H,3-4,10-13H2,1-2H3/t15-/m0/s1. The van der Waals surface area contributed by atoms with Gasteiger partial charge in [0.25, 0.3) is 5.91 Å². The Morgan fingerprint density at radius 3 is 2.52 bits per heavy atom. The Labute approximate surface area is 147 Å². The van der Waals surface area contributed by atoms with Crippen LogP contribution in [-0.2, 0) is 9.53 Å². The van der Waals surface area contributed by atoms with Crippen LogP contribution in [0.15, 0.2) is 30.3 Å². The van der Waals surface area contributed by atoms with Crippen molar-refractivity contribution in [3.63, 3.8) is 0 Å². The van der Waals surface area contributed by atoms with E-state index in [4.69, 9.17) is 4.74 Å². The number of piperazine rings is 1. The molecule has 0 radical (unpaired) electrons. The number of aromatic nitrogens is 4. The molecule has 2 aromatic rings. The van der Waals surface area contributed by atoms with E-state index in [0.29, 0.717) is 45.2 Å². The van der Waals surface area contributed by atoms with E-state index in [1.807, 2.05) is 49.1 Å². The predicted molar refractivity (Wildman–Crippen MR) is 93.7 cm³/mol. The highest BCUT2D eigenvalue weighted by Crippen LogP contribution is 2.17. The first-order valence-electron chi connectivity index (χ1n) is 8.73. The Kier molecular flexibility index (Phi) is 5.60. The number of benzene rings is 1. The lowest BCUT2D eigenvalue weighted by Gasteiger charge is -2.36. The Morgan fingerprint density at radius 2 is 1.88 bits per heavy atom. The summed E-state index contributed by atoms with van der Waals surface area (Å²) in [4.78, 5) is 16.5. The smallest absolute Gasteiger partial charge is 0.251 e. The first kappa shape index (κ1) is 17.3. The summed E-state index contributed by atoms with van der Waals surface area (Å²) >= 11 is 0. The number of rotatable bonds is 6. The zero-order valence-corrected chi connectivity index (χ0v) is 14.7. The Balaban J connectivity index is 1.66. The monoisotopic (exact) mass is 344 g/mol. The van der Waals surface area contributed by atoms with E-state index < -0.39 is 0 Å². The molecule has 1 aliphatic rings. The van der Waals surface area contributed by atoms with Crippen molar-refractivity contribution in [3.05, 3.63) is 30.3 Å². The lowest BCUT2D eigenvalue weighted by molar-refractivity contribution is -0.144. The molecule has 0 unspecified atom stereocenters. The first-order chi connectivity index (χ1) is 12.2. The SMILES string of the molecule is CCO[C@@H](CC)C(=O)N1CCN(c2nnnn2-c2ccccc2)CC1. The van der Waals surface area contributed by atoms with Crippen LogP contribution in [-0.4, -0.2) is 69.9 Å². The van der Waals surface area contributed by atoms with Crippen molar-refractivity contribution in [2.24, 2.45) is 0 Å². The molecular formula is C17H24N6O2. The van der Waals surface area contributed by atoms with Gasteiger partial charge in [-0.2, -0.15) is 4.68 Å². The molecule has 1 aliphatic heterocycles. The van der Waals surface area contributed by atoms with Crippen molar-refractivity contribution >= 4 is 11.9 Å². The summed E-state index contributed by atoms with van der Waals surface area (Å²) in [7, 11) is 0. The molecule has 134 valence electrons. The van der Waals surface area contributed by atoms with Crippen LogP contribution in [0.4, 0.5) is 5.95 Å². The molecule has 0 spiro atoms. The number of carbonyl (C=O) groups excluding carboxylic acids is 1. The Morgan fingerprint density at radius 1 is 1.16 bits per heavy atom. The van der Waals surface area contributed by atoms with Crippen molar-refractivity contribution in [1.29, 1.82) is 0 Å². The minimum atomic E-state index is -0.341. The lowest BCUT2D eigenvalue weighted by Crippen LogP contribution is -2.52. The van der Waals surface area contributed by atoms with E-state index in [1.165, 1.54) is 0 Å². The fourth-order valence-electron chi connectivity index (χ4n) is 3.01. The molecular weight excluding hydrogens is 320 g/mol. The third-order valence-electron chi connectivity index (χ3n) is 4.34. The van der Waals surface area contributed by atoms with E-state index >= 15 is 0 Å². The van der Waals surface area contributed by atoms with Crippen molar-refractivity contribution in [2.45, 2.75) is 26.4 Å². The number of para-hydroxylation sites is 1. The number of nitrogens with zero attached hydrogens (tertiary/aromatic N) is 6. The van der Waals surface area contributed by atoms with Crippen molar-refractivity contribution in [2.75, 3.05) is 37.7 Å². The molecule has 1 aromatic heterocycles. The van der Waals surface area contributed by atoms with Crippen LogP contribution >= 0.6 is 0 Å². The molecule has 2 heterocycles. The lowest BCUT2D eigenvalue weighted by atomic mass is 10.2. The second kappa shape index (κ2) is 8.06. The second-order valence-electron chi connectivity index (χ2n) is 5.89. The number of hydrogen-bond donors (Lipinski definition) is 0. The molecule has 1 aromatic carbocycles. The van der Waals surface area contributed by atoms with Crippen LogP contribution < -0.4 is 4.90 Å². The van der Waals surface area contributed by atoms with Gasteiger partial charge in [0, 0.05) is 32.8 Å². The van der Waals surface area contributed by atoms with Crippen LogP contribution in [0.1, 0.15) is 20.3 Å². The van der Waals surface area contributed by atoms with Crippen LogP contribution in [0.25, 0.3) is 5.69 Å². The molecule has 8 nitrogen and oxygen atoms in total. The molecule has 1 amide bonds. The number of carbonyl (C=O) groups is 1. The van der Waals surface area contributed by atoms with Gasteiger partial charge in [0.15, 0.2) is 0 Å². The normalized spacial score (nSPS) is 16.1. The summed E-state index contributed by atoms with van der Waals surface area (Å²) in [5, 5.41) is 12.1. The van der Waals surface area contributed by atoms with E-state index in [0.717, 1.165) is 5.69 Å². The number of tetrazole rings is 1. The van der Waals surface area contributed by atoms with Crippen LogP contribution in [0.3, 0.4) is 0 Å². The van der Waals surface area contributed by atoms with Gasteiger partial charge >= 0.3 is 0 Å². The van der Waals surface area contributed by atoms with Gasteiger partial charge in [-0.25, -0.2) is 0 Å². The molecule has 0 N–H and O–H groups in total. The topological polar surface area (TPSA) is 76.4 Å². The molecule has 0 bridgehead atoms. The molecule has 0 saturated carbocycles. The Hall–Kier alpha value is -2.48. The molecule has 8 heteroatoms. The average Bonchev–Trinajstić information content (AvgIpc) is 3.16. The van der Waals surface area contributed by atoms with Gasteiger partial charge in [0.2, 0.25) is 5.95 Å². The van der Waals surface area contributed by atoms with Gasteiger partial charge in [-0.1, -0.05) is 30.2 Å². The van der Waals surface area contributed by atoms with Gasteiger partial charge in [0.1, 0.15) is 6.10 Å². The zero-order chi connectivity index (χ0) is 17.6. The highest BCUT2D eigenvalue weighted by atomic mass is 16.5. The summed E-state index contributed by atoms with van der Waals surface area (Å²) in [5.74, 6) is 0.779. The van der Waals surface area contributed by atoms with E-state index in [2.05, 4.69) is 20.4 Å². The zero-order valence-electron chi connectivity index (χ0n) is 14.7. The molecule has 0 aliphatic carbocycles. The van der Waals surface area contributed by atoms with Crippen LogP contribution in [0, 0.1) is 0 Å². The summed E-state index contributed by atoms with van der Waals surface area (Å²) in [6.45, 7) is 7.12. The third-order valence-corrected chi connectivity index (χ3v) is 4.34. The number of amides is 1. The molecule has 1 atom stereocenters. The molecule has 3 rings (SSSR count). The van der Waals surface area contributed by atoms with Crippen LogP contribution in [0.2, 0.25) is 0 Å². The highest BCUT2D eigenvalue weighted by Gasteiger charge is 2.28. The fourth-order valence-corrected chi connectivity index (χ4v) is 3.01. The minimum absolute atomic E-state index is 0.0756. The summed E-state index contributed by atoms with van der Waals surface area (Å²) in [5.41, 5.74) is 0.920. The number of anilines is 1. The number of ether oxygens (including phenoxy) is 1. The molecule has 25 heavy (non-hydrogen) atoms. The first-order valence-corrected chi connectivity index (χ1v) is 8.73. The van der Waals surface area contributed by atoms with Gasteiger partial charge in [-0.3, -0.25) is 4.79 Å². The minimum Gasteiger partial charge on any atom is -0.369 e. The maximum absolute atomic E-state index is 12.5. The molecule has 1 fully saturated rings. The van der Waals surface area contributed by atoms with Crippen molar-refractivity contribution < 1.29 is 9.53 Å².